The van der Waals surface area contributed by atoms with Crippen molar-refractivity contribution in [2.24, 2.45) is 26.6 Å². The Balaban J connectivity index is 0.0000116. The van der Waals surface area contributed by atoms with Crippen LogP contribution in [0.15, 0.2) is 15.0 Å². The van der Waals surface area contributed by atoms with Gasteiger partial charge in [0.2, 0.25) is 0 Å². The molecule has 0 spiro atoms. The van der Waals surface area contributed by atoms with Crippen molar-refractivity contribution in [1.82, 2.24) is 0 Å². The molecule has 0 aromatic carbocycles. The molecule has 0 heterocycles. The standard InChI is InChI=1S/C28H53N4O22P3.3Na/c1-11(34)30-20-15(7-14(10-33)23(37)26(20)40)51-56(45,46)53-19-9-17(22(32-13(3)36)28(42)25(19)39)52-57(47,48)54-18-8-16(50-55(43,44)49-6-4-5-29)21(31-12(2)35)27(41)24(18)38;;;/h14-28,33,37-42H,4-10,29H2,1-3H3,(H,30,34)(H,31,35)(H,32,36)(H,43,44)(H,45,46)(H,47,48);;;/q;3*+1/p-3/t14-,15+,16+,17+,18+,19+,20-,21-,22-,23-,24-,25-,26-,27-,28-;;;/m1.../s1. The zero-order chi connectivity index (χ0) is 43.2. The van der Waals surface area contributed by atoms with Crippen LogP contribution in [0.5, 0.6) is 0 Å². The van der Waals surface area contributed by atoms with E-state index in [0.717, 1.165) is 20.8 Å². The summed E-state index contributed by atoms with van der Waals surface area (Å²) < 4.78 is 69.8. The topological polar surface area (TPSA) is 441 Å². The second kappa shape index (κ2) is 26.7. The third kappa shape index (κ3) is 17.9. The van der Waals surface area contributed by atoms with Gasteiger partial charge in [-0.15, -0.1) is 0 Å². The van der Waals surface area contributed by atoms with Crippen LogP contribution in [-0.4, -0.2) is 173 Å². The van der Waals surface area contributed by atoms with Crippen molar-refractivity contribution in [1.29, 1.82) is 0 Å². The van der Waals surface area contributed by atoms with E-state index in [1.807, 2.05) is 0 Å². The average molecular weight is 957 g/mol. The smallest absolute Gasteiger partial charge is 0.862 e. The van der Waals surface area contributed by atoms with Crippen molar-refractivity contribution >= 4 is 41.2 Å². The second-order valence-corrected chi connectivity index (χ2v) is 17.7. The number of nitrogens with zero attached hydrogens (tertiary/aromatic N) is 3. The van der Waals surface area contributed by atoms with Gasteiger partial charge in [0.1, 0.15) is 60.9 Å². The van der Waals surface area contributed by atoms with Crippen LogP contribution in [0.25, 0.3) is 0 Å². The first-order valence-electron chi connectivity index (χ1n) is 17.4. The summed E-state index contributed by atoms with van der Waals surface area (Å²) in [6.45, 7) is 1.82. The minimum Gasteiger partial charge on any atom is -0.862 e. The Labute approximate surface area is 410 Å². The summed E-state index contributed by atoms with van der Waals surface area (Å²) in [5.74, 6) is -3.90. The molecule has 3 aliphatic rings. The van der Waals surface area contributed by atoms with Gasteiger partial charge in [-0.2, -0.15) is 0 Å². The summed E-state index contributed by atoms with van der Waals surface area (Å²) >= 11 is 0. The van der Waals surface area contributed by atoms with Gasteiger partial charge in [0, 0.05) is 25.4 Å². The molecule has 0 amide bonds. The van der Waals surface area contributed by atoms with Crippen LogP contribution in [0.4, 0.5) is 0 Å². The molecule has 0 aromatic rings. The Morgan fingerprint density at radius 3 is 1.22 bits per heavy atom. The maximum atomic E-state index is 13.5. The van der Waals surface area contributed by atoms with Gasteiger partial charge in [0.25, 0.3) is 0 Å². The van der Waals surface area contributed by atoms with Gasteiger partial charge in [-0.25, -0.2) is 13.7 Å². The fraction of sp³-hybridized carbons (Fsp3) is 0.893. The second-order valence-electron chi connectivity index (χ2n) is 13.6. The van der Waals surface area contributed by atoms with Crippen LogP contribution in [0.3, 0.4) is 0 Å². The van der Waals surface area contributed by atoms with Gasteiger partial charge in [-0.05, 0) is 57.9 Å². The molecule has 32 heteroatoms. The van der Waals surface area contributed by atoms with Crippen molar-refractivity contribution in [3.8, 4) is 0 Å². The quantitative estimate of drug-likeness (QED) is 0.0200. The molecule has 0 aromatic heterocycles. The fourth-order valence-electron chi connectivity index (χ4n) is 6.59. The molecule has 332 valence electrons. The average Bonchev–Trinajstić information content (AvgIpc) is 3.08. The van der Waals surface area contributed by atoms with Gasteiger partial charge in [-0.3, -0.25) is 42.1 Å². The molecule has 3 aliphatic carbocycles. The van der Waals surface area contributed by atoms with E-state index in [1.54, 1.807) is 0 Å². The van der Waals surface area contributed by atoms with Gasteiger partial charge in [0.15, 0.2) is 0 Å². The fourth-order valence-corrected chi connectivity index (χ4v) is 9.88. The minimum atomic E-state index is -5.62. The van der Waals surface area contributed by atoms with E-state index in [2.05, 4.69) is 15.0 Å². The predicted octanol–water partition coefficient (Wildman–Crippen LogP) is -15.0. The zero-order valence-corrected chi connectivity index (χ0v) is 42.4. The van der Waals surface area contributed by atoms with E-state index in [9.17, 15) is 79.4 Å². The number of aliphatic hydroxyl groups excluding tert-OH is 7. The SMILES string of the molecule is CC([O-])=N[C@H]1[C@@H](O)[C@H](O)[C@@H](CO)C[C@@H]1OP(=O)(O)O[C@H]1C[C@H](OP(=O)(O)O[C@H]2C[C@H](OP(=O)(O)OCCCN)[C@@H](N=C(C)[O-])[C@@H](O)[C@@H]2O)[C@@H](N=C(C)[O-])[C@@H](O)[C@@H]1O.[Na+].[Na+].[Na+]. The summed E-state index contributed by atoms with van der Waals surface area (Å²) in [4.78, 5) is 42.6. The molecule has 0 radical (unpaired) electrons. The Morgan fingerprint density at radius 1 is 0.567 bits per heavy atom. The molecular formula is C28H50N4Na3O22P3. The van der Waals surface area contributed by atoms with Crippen molar-refractivity contribution in [3.05, 3.63) is 0 Å². The van der Waals surface area contributed by atoms with E-state index >= 15 is 0 Å². The summed E-state index contributed by atoms with van der Waals surface area (Å²) in [6, 6.07) is -5.25. The first-order valence-corrected chi connectivity index (χ1v) is 21.9. The number of rotatable bonds is 18. The molecule has 0 saturated heterocycles. The monoisotopic (exact) mass is 956 g/mol. The Hall–Kier alpha value is 1.42. The number of hydrogen-bond donors (Lipinski definition) is 11. The largest absolute Gasteiger partial charge is 1.00 e. The van der Waals surface area contributed by atoms with E-state index in [1.165, 1.54) is 0 Å². The van der Waals surface area contributed by atoms with Crippen molar-refractivity contribution in [2.45, 2.75) is 132 Å². The summed E-state index contributed by atoms with van der Waals surface area (Å²) in [7, 11) is -16.1. The van der Waals surface area contributed by atoms with Crippen LogP contribution < -0.4 is 110 Å². The van der Waals surface area contributed by atoms with Crippen molar-refractivity contribution in [3.63, 3.8) is 0 Å². The molecular weight excluding hydrogens is 906 g/mol. The van der Waals surface area contributed by atoms with Gasteiger partial charge in [-0.1, -0.05) is 0 Å². The molecule has 3 saturated carbocycles. The number of hydrogen-bond acceptors (Lipinski definition) is 23. The molecule has 3 rings (SSSR count). The Bertz CT molecular complexity index is 1580. The minimum absolute atomic E-state index is 0. The maximum absolute atomic E-state index is 13.5. The van der Waals surface area contributed by atoms with Crippen LogP contribution in [0.2, 0.25) is 0 Å². The van der Waals surface area contributed by atoms with Gasteiger partial charge >= 0.3 is 112 Å². The Kier molecular flexibility index (Phi) is 27.3. The van der Waals surface area contributed by atoms with Crippen LogP contribution >= 0.6 is 23.5 Å². The van der Waals surface area contributed by atoms with Crippen molar-refractivity contribution in [2.75, 3.05) is 19.8 Å². The number of phosphoric ester groups is 3. The van der Waals surface area contributed by atoms with Crippen LogP contribution in [0.1, 0.15) is 46.5 Å². The summed E-state index contributed by atoms with van der Waals surface area (Å²) in [5, 5.41) is 109. The van der Waals surface area contributed by atoms with E-state index < -0.39 is 158 Å². The normalized spacial score (nSPS) is 38.5. The molecule has 60 heavy (non-hydrogen) atoms. The van der Waals surface area contributed by atoms with Crippen molar-refractivity contribution < 1.29 is 195 Å². The number of aliphatic imine (C=N–C) groups is 3. The molecule has 0 bridgehead atoms. The first kappa shape index (κ1) is 61.4. The molecule has 18 atom stereocenters. The third-order valence-corrected chi connectivity index (χ3v) is 12.3. The predicted molar refractivity (Wildman–Crippen MR) is 185 cm³/mol. The Morgan fingerprint density at radius 2 is 0.883 bits per heavy atom. The third-order valence-electron chi connectivity index (χ3n) is 9.12. The molecule has 26 nitrogen and oxygen atoms in total. The van der Waals surface area contributed by atoms with Gasteiger partial charge in [0.05, 0.1) is 31.0 Å². The number of nitrogens with two attached hydrogens (primary N) is 1. The molecule has 3 fully saturated rings. The number of aliphatic hydroxyl groups is 7. The van der Waals surface area contributed by atoms with Gasteiger partial charge < -0.3 is 71.5 Å². The summed E-state index contributed by atoms with van der Waals surface area (Å²) in [6.07, 6.45) is -23.7. The summed E-state index contributed by atoms with van der Waals surface area (Å²) in [5.41, 5.74) is 5.34. The van der Waals surface area contributed by atoms with Crippen LogP contribution in [-0.2, 0) is 40.8 Å². The first-order chi connectivity index (χ1) is 26.3. The molecule has 12 N–H and O–H groups in total. The van der Waals surface area contributed by atoms with E-state index in [0.29, 0.717) is 0 Å². The molecule has 0 aliphatic heterocycles. The molecule has 3 unspecified atom stereocenters. The zero-order valence-electron chi connectivity index (χ0n) is 33.7. The van der Waals surface area contributed by atoms with E-state index in [4.69, 9.17) is 32.9 Å². The number of phosphoric acid groups is 3. The van der Waals surface area contributed by atoms with E-state index in [-0.39, 0.29) is 108 Å². The van der Waals surface area contributed by atoms with Crippen LogP contribution in [0, 0.1) is 5.92 Å². The maximum Gasteiger partial charge on any atom is 1.00 e.